The zero-order valence-corrected chi connectivity index (χ0v) is 16.5. The monoisotopic (exact) mass is 389 g/mol. The fraction of sp³-hybridized carbons (Fsp3) is 0.318. The predicted molar refractivity (Wildman–Crippen MR) is 111 cm³/mol. The zero-order valence-electron chi connectivity index (χ0n) is 16.5. The largest absolute Gasteiger partial charge is 0.463 e. The van der Waals surface area contributed by atoms with Crippen molar-refractivity contribution in [2.75, 3.05) is 18.4 Å². The molecular weight excluding hydrogens is 366 g/mol. The number of furan rings is 1. The summed E-state index contributed by atoms with van der Waals surface area (Å²) in [4.78, 5) is 17.5. The molecule has 0 saturated carbocycles. The van der Waals surface area contributed by atoms with Crippen molar-refractivity contribution in [3.05, 3.63) is 59.1 Å². The lowest BCUT2D eigenvalue weighted by Gasteiger charge is -2.23. The fourth-order valence-corrected chi connectivity index (χ4v) is 4.24. The molecule has 0 aliphatic carbocycles. The van der Waals surface area contributed by atoms with Crippen LogP contribution < -0.4 is 10.6 Å². The van der Waals surface area contributed by atoms with Crippen molar-refractivity contribution in [2.24, 2.45) is 0 Å². The zero-order chi connectivity index (χ0) is 20.0. The van der Waals surface area contributed by atoms with Crippen molar-refractivity contribution in [2.45, 2.75) is 32.6 Å². The molecule has 0 radical (unpaired) electrons. The number of piperidine rings is 1. The summed E-state index contributed by atoms with van der Waals surface area (Å²) >= 11 is 0. The van der Waals surface area contributed by atoms with Gasteiger partial charge in [0.25, 0.3) is 5.91 Å². The van der Waals surface area contributed by atoms with Crippen LogP contribution in [-0.2, 0) is 0 Å². The number of rotatable bonds is 3. The van der Waals surface area contributed by atoms with Crippen LogP contribution in [0.3, 0.4) is 0 Å². The van der Waals surface area contributed by atoms with Crippen molar-refractivity contribution in [3.8, 4) is 0 Å². The van der Waals surface area contributed by atoms with Gasteiger partial charge in [-0.2, -0.15) is 0 Å². The number of aryl methyl sites for hydroxylation is 2. The van der Waals surface area contributed by atoms with Crippen molar-refractivity contribution < 1.29 is 9.21 Å². The summed E-state index contributed by atoms with van der Waals surface area (Å²) in [6, 6.07) is 7.74. The van der Waals surface area contributed by atoms with Crippen molar-refractivity contribution >= 4 is 28.3 Å². The first-order valence-corrected chi connectivity index (χ1v) is 9.96. The van der Waals surface area contributed by atoms with Gasteiger partial charge in [-0.15, -0.1) is 5.10 Å². The number of imidazole rings is 1. The Hall–Kier alpha value is -3.19. The van der Waals surface area contributed by atoms with Gasteiger partial charge in [0.1, 0.15) is 5.58 Å². The first kappa shape index (κ1) is 17.9. The van der Waals surface area contributed by atoms with Crippen LogP contribution in [0, 0.1) is 13.8 Å². The molecule has 5 rings (SSSR count). The van der Waals surface area contributed by atoms with E-state index in [9.17, 15) is 4.79 Å². The second kappa shape index (κ2) is 7.00. The number of anilines is 1. The molecule has 0 spiro atoms. The number of fused-ring (bicyclic) bond motifs is 2. The minimum absolute atomic E-state index is 0.232. The molecule has 1 aliphatic rings. The van der Waals surface area contributed by atoms with Crippen LogP contribution in [0.2, 0.25) is 0 Å². The van der Waals surface area contributed by atoms with E-state index in [-0.39, 0.29) is 5.91 Å². The van der Waals surface area contributed by atoms with E-state index in [1.54, 1.807) is 10.8 Å². The fourth-order valence-electron chi connectivity index (χ4n) is 4.24. The predicted octanol–water partition coefficient (Wildman–Crippen LogP) is 3.81. The number of benzene rings is 1. The number of nitrogens with zero attached hydrogens (tertiary/aromatic N) is 3. The molecule has 7 heteroatoms. The summed E-state index contributed by atoms with van der Waals surface area (Å²) in [7, 11) is 0. The van der Waals surface area contributed by atoms with E-state index >= 15 is 0 Å². The van der Waals surface area contributed by atoms with Crippen LogP contribution in [0.1, 0.15) is 45.9 Å². The number of aromatic nitrogens is 3. The van der Waals surface area contributed by atoms with Crippen molar-refractivity contribution in [1.29, 1.82) is 0 Å². The summed E-state index contributed by atoms with van der Waals surface area (Å²) in [5, 5.41) is 11.8. The van der Waals surface area contributed by atoms with Gasteiger partial charge >= 0.3 is 0 Å². The molecule has 1 amide bonds. The Morgan fingerprint density at radius 1 is 1.24 bits per heavy atom. The van der Waals surface area contributed by atoms with Crippen molar-refractivity contribution in [3.63, 3.8) is 0 Å². The maximum Gasteiger partial charge on any atom is 0.260 e. The summed E-state index contributed by atoms with van der Waals surface area (Å²) in [6.45, 7) is 5.92. The highest BCUT2D eigenvalue weighted by atomic mass is 16.3. The van der Waals surface area contributed by atoms with Crippen LogP contribution in [0.5, 0.6) is 0 Å². The average molecular weight is 389 g/mol. The maximum absolute atomic E-state index is 13.0. The molecule has 29 heavy (non-hydrogen) atoms. The number of hydrogen-bond donors (Lipinski definition) is 2. The maximum atomic E-state index is 13.0. The van der Waals surface area contributed by atoms with E-state index in [1.807, 2.05) is 38.2 Å². The summed E-state index contributed by atoms with van der Waals surface area (Å²) < 4.78 is 7.42. The number of nitrogens with one attached hydrogen (secondary N) is 2. The Labute approximate surface area is 168 Å². The van der Waals surface area contributed by atoms with Gasteiger partial charge in [-0.1, -0.05) is 6.07 Å². The third-order valence-electron chi connectivity index (χ3n) is 5.65. The number of carbonyl (C=O) groups excluding carboxylic acids is 1. The van der Waals surface area contributed by atoms with Crippen LogP contribution in [-0.4, -0.2) is 33.6 Å². The van der Waals surface area contributed by atoms with Gasteiger partial charge in [0.2, 0.25) is 0 Å². The molecule has 4 aromatic rings. The summed E-state index contributed by atoms with van der Waals surface area (Å²) in [5.41, 5.74) is 5.04. The average Bonchev–Trinajstić information content (AvgIpc) is 3.34. The first-order chi connectivity index (χ1) is 14.1. The van der Waals surface area contributed by atoms with Gasteiger partial charge in [-0.05, 0) is 75.0 Å². The topological polar surface area (TPSA) is 84.5 Å². The molecule has 7 nitrogen and oxygen atoms in total. The van der Waals surface area contributed by atoms with Gasteiger partial charge < -0.3 is 15.1 Å². The van der Waals surface area contributed by atoms with Gasteiger partial charge in [0.15, 0.2) is 11.5 Å². The molecule has 0 atom stereocenters. The van der Waals surface area contributed by atoms with Crippen LogP contribution in [0.4, 0.5) is 5.82 Å². The van der Waals surface area contributed by atoms with Crippen molar-refractivity contribution in [1.82, 2.24) is 19.9 Å². The second-order valence-corrected chi connectivity index (χ2v) is 7.71. The molecule has 0 unspecified atom stereocenters. The molecule has 1 aromatic carbocycles. The lowest BCUT2D eigenvalue weighted by Crippen LogP contribution is -2.26. The summed E-state index contributed by atoms with van der Waals surface area (Å²) in [6.07, 6.45) is 5.70. The highest BCUT2D eigenvalue weighted by Gasteiger charge is 2.22. The van der Waals surface area contributed by atoms with Crippen LogP contribution in [0.25, 0.3) is 16.6 Å². The smallest absolute Gasteiger partial charge is 0.260 e. The number of amides is 1. The second-order valence-electron chi connectivity index (χ2n) is 7.71. The quantitative estimate of drug-likeness (QED) is 0.557. The lowest BCUT2D eigenvalue weighted by molar-refractivity contribution is 0.102. The third kappa shape index (κ3) is 3.17. The lowest BCUT2D eigenvalue weighted by atomic mass is 9.87. The highest BCUT2D eigenvalue weighted by molar-refractivity contribution is 6.11. The highest BCUT2D eigenvalue weighted by Crippen LogP contribution is 2.34. The molecule has 2 N–H and O–H groups in total. The Morgan fingerprint density at radius 3 is 2.90 bits per heavy atom. The Morgan fingerprint density at radius 2 is 2.07 bits per heavy atom. The SMILES string of the molecule is Cc1cn2nc(NC(=O)c3ccc(C4CCNCC4)c4ccoc34)cc(C)c2n1. The minimum atomic E-state index is -0.232. The van der Waals surface area contributed by atoms with Gasteiger partial charge in [0, 0.05) is 5.39 Å². The number of carbonyl (C=O) groups is 1. The molecule has 1 fully saturated rings. The minimum Gasteiger partial charge on any atom is -0.463 e. The molecule has 4 heterocycles. The van der Waals surface area contributed by atoms with Gasteiger partial charge in [0.05, 0.1) is 23.7 Å². The Kier molecular flexibility index (Phi) is 4.32. The van der Waals surface area contributed by atoms with Crippen LogP contribution >= 0.6 is 0 Å². The van der Waals surface area contributed by atoms with Gasteiger partial charge in [-0.3, -0.25) is 4.79 Å². The normalized spacial score (nSPS) is 15.2. The standard InChI is InChI=1S/C22H23N5O2/c1-13-11-19(26-27-12-14(2)24-21(13)27)25-22(28)18-4-3-16(15-5-8-23-9-6-15)17-7-10-29-20(17)18/h3-4,7,10-12,15,23H,5-6,8-9H2,1-2H3,(H,25,26,28). The van der Waals surface area contributed by atoms with E-state index in [4.69, 9.17) is 4.42 Å². The molecule has 1 saturated heterocycles. The van der Waals surface area contributed by atoms with E-state index in [2.05, 4.69) is 26.8 Å². The molecule has 1 aliphatic heterocycles. The Balaban J connectivity index is 1.48. The van der Waals surface area contributed by atoms with E-state index < -0.39 is 0 Å². The Bertz CT molecular complexity index is 1220. The van der Waals surface area contributed by atoms with E-state index in [1.165, 1.54) is 5.56 Å². The van der Waals surface area contributed by atoms with E-state index in [0.717, 1.165) is 48.2 Å². The molecule has 3 aromatic heterocycles. The number of hydrogen-bond acceptors (Lipinski definition) is 5. The van der Waals surface area contributed by atoms with Gasteiger partial charge in [-0.25, -0.2) is 9.50 Å². The molecule has 148 valence electrons. The molecule has 0 bridgehead atoms. The van der Waals surface area contributed by atoms with Crippen LogP contribution in [0.15, 0.2) is 41.1 Å². The molecular formula is C22H23N5O2. The summed E-state index contributed by atoms with van der Waals surface area (Å²) in [5.74, 6) is 0.745. The third-order valence-corrected chi connectivity index (χ3v) is 5.65. The first-order valence-electron chi connectivity index (χ1n) is 9.96. The van der Waals surface area contributed by atoms with E-state index in [0.29, 0.717) is 22.9 Å².